The van der Waals surface area contributed by atoms with E-state index in [1.807, 2.05) is 0 Å². The zero-order valence-corrected chi connectivity index (χ0v) is 0.500. The van der Waals surface area contributed by atoms with E-state index in [4.69, 9.17) is 0 Å². The largest absolute Gasteiger partial charge is 0.316 e. The molecule has 0 spiro atoms. The average Bonchev–Trinajstić information content (AvgIpc) is 0. The van der Waals surface area contributed by atoms with Gasteiger partial charge in [-0.3, -0.25) is 0 Å². The van der Waals surface area contributed by atoms with Crippen molar-refractivity contribution in [2.75, 3.05) is 0 Å². The summed E-state index contributed by atoms with van der Waals surface area (Å²) in [5.41, 5.74) is 0. The predicted molar refractivity (Wildman–Crippen MR) is 27.9 cm³/mol. The molecule has 0 atom stereocenters. The topological polar surface area (TPSA) is 31.5 Å². The van der Waals surface area contributed by atoms with Gasteiger partial charge in [0.25, 0.3) is 0 Å². The number of hydrogen-bond donors (Lipinski definition) is 0. The van der Waals surface area contributed by atoms with Gasteiger partial charge < -0.3 is 5.48 Å². The molecule has 2 N–H and O–H groups in total. The molecule has 0 heterocycles. The van der Waals surface area contributed by atoms with Gasteiger partial charge in [-0.25, -0.2) is 0 Å². The fourth-order valence-electron chi connectivity index (χ4n) is 0. The van der Waals surface area contributed by atoms with Crippen LogP contribution in [0.25, 0.3) is 0 Å². The van der Waals surface area contributed by atoms with Crippen LogP contribution in [0.15, 0.2) is 0 Å². The van der Waals surface area contributed by atoms with Gasteiger partial charge in [0.15, 0.2) is 0 Å². The average molecular weight is 94.4 g/mol. The van der Waals surface area contributed by atoms with Crippen molar-refractivity contribution in [2.45, 2.75) is 0 Å². The van der Waals surface area contributed by atoms with Crippen LogP contribution in [0, 0.1) is 0 Å². The molecule has 0 rings (SSSR count). The normalized spacial score (nSPS) is 0. The molecule has 0 bridgehead atoms. The standard InChI is InChI=1S/Ca.Li.Mg.H2O.5H/h;;;1H2;;;;;. The molecule has 0 amide bonds. The first-order chi connectivity index (χ1) is 0. The van der Waals surface area contributed by atoms with Gasteiger partial charge in [0, 0.05) is 0 Å². The Morgan fingerprint density at radius 3 is 1.00 bits per heavy atom. The molecule has 0 aliphatic rings. The van der Waals surface area contributed by atoms with E-state index in [9.17, 15) is 0 Å². The Kier molecular flexibility index (Phi) is 135. The molecule has 0 aliphatic heterocycles. The van der Waals surface area contributed by atoms with Crippen LogP contribution in [0.5, 0.6) is 0 Å². The Labute approximate surface area is 83.5 Å². The summed E-state index contributed by atoms with van der Waals surface area (Å²) in [5.74, 6) is 0. The molecule has 0 radical (unpaired) electrons. The molecule has 0 aliphatic carbocycles. The van der Waals surface area contributed by atoms with Crippen molar-refractivity contribution in [3.63, 3.8) is 0 Å². The minimum absolute atomic E-state index is 0. The zero-order chi connectivity index (χ0) is 0. The summed E-state index contributed by atoms with van der Waals surface area (Å²) in [4.78, 5) is 0. The summed E-state index contributed by atoms with van der Waals surface area (Å²) in [7, 11) is 0. The minimum Gasteiger partial charge on any atom is 0.316 e. The van der Waals surface area contributed by atoms with Gasteiger partial charge in [-0.1, -0.05) is 0 Å². The summed E-state index contributed by atoms with van der Waals surface area (Å²) >= 11 is 0. The maximum absolute atomic E-state index is 0. The number of hydrogen-bond acceptors (Lipinski definition) is 0. The van der Waals surface area contributed by atoms with Crippen LogP contribution in [0.2, 0.25) is 0 Å². The van der Waals surface area contributed by atoms with E-state index in [-0.39, 0.29) is 85.1 Å². The Balaban J connectivity index is 0. The third kappa shape index (κ3) is 8.82. The molecule has 0 unspecified atom stereocenters. The van der Waals surface area contributed by atoms with E-state index in [0.29, 0.717) is 0 Å². The van der Waals surface area contributed by atoms with Crippen LogP contribution < -0.4 is 0 Å². The van der Waals surface area contributed by atoms with Crippen LogP contribution in [0.3, 0.4) is 0 Å². The third-order valence-electron chi connectivity index (χ3n) is 0. The van der Waals surface area contributed by atoms with Gasteiger partial charge in [-0.05, 0) is 0 Å². The van der Waals surface area contributed by atoms with E-state index >= 15 is 0 Å². The molecule has 4 heteroatoms. The van der Waals surface area contributed by atoms with E-state index in [0.717, 1.165) is 0 Å². The first-order valence-corrected chi connectivity index (χ1v) is 0. The van der Waals surface area contributed by atoms with Crippen LogP contribution in [0.1, 0.15) is 0 Å². The van der Waals surface area contributed by atoms with Crippen LogP contribution in [0.4, 0.5) is 0 Å². The van der Waals surface area contributed by atoms with E-state index in [1.54, 1.807) is 0 Å². The van der Waals surface area contributed by atoms with Crippen LogP contribution >= 0.6 is 0 Å². The van der Waals surface area contributed by atoms with Gasteiger partial charge >= 0.3 is 79.7 Å². The number of rotatable bonds is 0. The van der Waals surface area contributed by atoms with Gasteiger partial charge in [-0.15, -0.1) is 0 Å². The first-order valence-electron chi connectivity index (χ1n) is 0. The van der Waals surface area contributed by atoms with E-state index in [2.05, 4.69) is 0 Å². The SMILES string of the molecule is O.[CaH2].[LiH].[MgH2]. The van der Waals surface area contributed by atoms with Gasteiger partial charge in [0.1, 0.15) is 0 Å². The summed E-state index contributed by atoms with van der Waals surface area (Å²) in [6, 6.07) is 0. The van der Waals surface area contributed by atoms with Gasteiger partial charge in [0.05, 0.1) is 0 Å². The van der Waals surface area contributed by atoms with E-state index < -0.39 is 0 Å². The fraction of sp³-hybridized carbons (Fsp3) is 0. The molecule has 0 aromatic carbocycles. The summed E-state index contributed by atoms with van der Waals surface area (Å²) in [6.07, 6.45) is 0. The molecule has 0 saturated carbocycles. The Hall–Kier alpha value is 2.58. The van der Waals surface area contributed by atoms with Crippen molar-refractivity contribution < 1.29 is 5.48 Å². The maximum atomic E-state index is 0. The summed E-state index contributed by atoms with van der Waals surface area (Å²) < 4.78 is 0. The molecule has 0 saturated heterocycles. The third-order valence-corrected chi connectivity index (χ3v) is 0. The van der Waals surface area contributed by atoms with Crippen molar-refractivity contribution >= 4 is 79.7 Å². The maximum Gasteiger partial charge on any atom is 0.316 e. The van der Waals surface area contributed by atoms with Gasteiger partial charge in [-0.2, -0.15) is 0 Å². The van der Waals surface area contributed by atoms with Gasteiger partial charge in [0.2, 0.25) is 0 Å². The second-order valence-corrected chi connectivity index (χ2v) is 0. The fourth-order valence-corrected chi connectivity index (χ4v) is 0. The predicted octanol–water partition coefficient (Wildman–Crippen LogP) is -3.31. The molecule has 0 aromatic heterocycles. The summed E-state index contributed by atoms with van der Waals surface area (Å²) in [5, 5.41) is 0. The van der Waals surface area contributed by atoms with Crippen molar-refractivity contribution in [2.24, 2.45) is 0 Å². The smallest absolute Gasteiger partial charge is 0.316 e. The Morgan fingerprint density at radius 2 is 1.00 bits per heavy atom. The molecule has 4 heavy (non-hydrogen) atoms. The van der Waals surface area contributed by atoms with Crippen molar-refractivity contribution in [1.29, 1.82) is 0 Å². The zero-order valence-electron chi connectivity index (χ0n) is 0.500. The second-order valence-electron chi connectivity index (χ2n) is 0. The molecular weight excluding hydrogens is 87.3 g/mol. The van der Waals surface area contributed by atoms with E-state index in [1.165, 1.54) is 0 Å². The van der Waals surface area contributed by atoms with Crippen molar-refractivity contribution in [3.05, 3.63) is 0 Å². The van der Waals surface area contributed by atoms with Crippen LogP contribution in [-0.4, -0.2) is 85.1 Å². The Morgan fingerprint density at radius 1 is 1.00 bits per heavy atom. The molecule has 0 aromatic rings. The summed E-state index contributed by atoms with van der Waals surface area (Å²) in [6.45, 7) is 0. The first kappa shape index (κ1) is 30.8. The molecule has 0 fully saturated rings. The molecular formula is H7CaLiMgO. The van der Waals surface area contributed by atoms with Crippen molar-refractivity contribution in [3.8, 4) is 0 Å². The molecule has 18 valence electrons. The second kappa shape index (κ2) is 17.6. The van der Waals surface area contributed by atoms with Crippen molar-refractivity contribution in [1.82, 2.24) is 0 Å². The monoisotopic (exact) mass is 94.0 g/mol. The Bertz CT molecular complexity index is 8.00. The van der Waals surface area contributed by atoms with Crippen LogP contribution in [-0.2, 0) is 0 Å². The molecule has 1 nitrogen and oxygen atoms in total. The quantitative estimate of drug-likeness (QED) is 0.282. The minimum atomic E-state index is 0.